The average Bonchev–Trinajstić information content (AvgIpc) is 3.44. The van der Waals surface area contributed by atoms with E-state index >= 15 is 0 Å². The first-order valence-electron chi connectivity index (χ1n) is 16.0. The average molecular weight is 606 g/mol. The van der Waals surface area contributed by atoms with Crippen LogP contribution in [0.15, 0.2) is 24.8 Å². The summed E-state index contributed by atoms with van der Waals surface area (Å²) in [6.07, 6.45) is 13.4. The number of carbonyl (C=O) groups excluding carboxylic acids is 1. The minimum atomic E-state index is -0.197. The highest BCUT2D eigenvalue weighted by Gasteiger charge is 2.59. The lowest BCUT2D eigenvalue weighted by Gasteiger charge is -2.62. The molecule has 43 heavy (non-hydrogen) atoms. The van der Waals surface area contributed by atoms with Gasteiger partial charge in [-0.15, -0.1) is 0 Å². The van der Waals surface area contributed by atoms with Crippen molar-refractivity contribution in [2.24, 2.45) is 23.2 Å². The predicted octanol–water partition coefficient (Wildman–Crippen LogP) is 4.39. The number of rotatable bonds is 3. The van der Waals surface area contributed by atoms with Crippen molar-refractivity contribution in [2.45, 2.75) is 83.1 Å². The molecular formula is C31H40ClN9O2. The van der Waals surface area contributed by atoms with Crippen molar-refractivity contribution >= 4 is 40.4 Å². The summed E-state index contributed by atoms with van der Waals surface area (Å²) in [5.41, 5.74) is 1.49. The molecule has 7 atom stereocenters. The van der Waals surface area contributed by atoms with Crippen LogP contribution in [0.4, 0.5) is 11.8 Å². The molecule has 228 valence electrons. The van der Waals surface area contributed by atoms with E-state index in [1.54, 1.807) is 12.4 Å². The van der Waals surface area contributed by atoms with Crippen molar-refractivity contribution in [1.29, 1.82) is 0 Å². The lowest BCUT2D eigenvalue weighted by Crippen LogP contribution is -2.63. The van der Waals surface area contributed by atoms with Gasteiger partial charge in [0.25, 0.3) is 0 Å². The van der Waals surface area contributed by atoms with Gasteiger partial charge in [0.05, 0.1) is 11.9 Å². The third-order valence-corrected chi connectivity index (χ3v) is 11.8. The number of carbonyl (C=O) groups is 1. The summed E-state index contributed by atoms with van der Waals surface area (Å²) in [5, 5.41) is 3.57. The Balaban J connectivity index is 1.01. The van der Waals surface area contributed by atoms with Gasteiger partial charge in [0, 0.05) is 51.0 Å². The molecule has 0 spiro atoms. The van der Waals surface area contributed by atoms with E-state index in [4.69, 9.17) is 21.3 Å². The molecule has 0 bridgehead atoms. The molecule has 0 radical (unpaired) electrons. The molecule has 5 fully saturated rings. The summed E-state index contributed by atoms with van der Waals surface area (Å²) in [6.45, 7) is 7.87. The van der Waals surface area contributed by atoms with E-state index < -0.39 is 0 Å². The monoisotopic (exact) mass is 605 g/mol. The fourth-order valence-electron chi connectivity index (χ4n) is 9.42. The fraction of sp³-hybridized carbons (Fsp3) is 0.677. The highest BCUT2D eigenvalue weighted by atomic mass is 35.5. The second-order valence-electron chi connectivity index (χ2n) is 13.7. The van der Waals surface area contributed by atoms with Crippen LogP contribution in [-0.2, 0) is 9.53 Å². The Morgan fingerprint density at radius 3 is 2.53 bits per heavy atom. The van der Waals surface area contributed by atoms with Crippen LogP contribution in [0.1, 0.15) is 71.4 Å². The largest absolute Gasteiger partial charge is 0.353 e. The Kier molecular flexibility index (Phi) is 6.56. The molecule has 1 N–H and O–H groups in total. The topological polar surface area (TPSA) is 114 Å². The van der Waals surface area contributed by atoms with E-state index in [0.717, 1.165) is 87.6 Å². The van der Waals surface area contributed by atoms with E-state index in [-0.39, 0.29) is 28.4 Å². The molecule has 3 aromatic heterocycles. The number of ether oxygens (including phenoxy) is 1. The van der Waals surface area contributed by atoms with Gasteiger partial charge in [0.2, 0.25) is 17.1 Å². The maximum absolute atomic E-state index is 12.2. The molecule has 5 aliphatic rings. The molecule has 6 heterocycles. The number of piperidine rings is 1. The number of aromatic nitrogens is 6. The minimum absolute atomic E-state index is 0.144. The molecular weight excluding hydrogens is 566 g/mol. The van der Waals surface area contributed by atoms with Gasteiger partial charge in [0.15, 0.2) is 17.0 Å². The van der Waals surface area contributed by atoms with Crippen molar-refractivity contribution in [1.82, 2.24) is 34.8 Å². The van der Waals surface area contributed by atoms with Crippen molar-refractivity contribution in [3.63, 3.8) is 0 Å². The van der Waals surface area contributed by atoms with Gasteiger partial charge in [-0.3, -0.25) is 9.36 Å². The van der Waals surface area contributed by atoms with Crippen LogP contribution in [0.3, 0.4) is 0 Å². The van der Waals surface area contributed by atoms with Crippen LogP contribution >= 0.6 is 11.6 Å². The Hall–Kier alpha value is -3.05. The van der Waals surface area contributed by atoms with E-state index in [1.807, 2.05) is 12.4 Å². The Bertz CT molecular complexity index is 1530. The van der Waals surface area contributed by atoms with Gasteiger partial charge in [-0.2, -0.15) is 9.97 Å². The van der Waals surface area contributed by atoms with Crippen LogP contribution in [-0.4, -0.2) is 73.2 Å². The molecule has 1 amide bonds. The van der Waals surface area contributed by atoms with Crippen molar-refractivity contribution in [3.05, 3.63) is 30.1 Å². The van der Waals surface area contributed by atoms with Crippen LogP contribution in [0.5, 0.6) is 0 Å². The van der Waals surface area contributed by atoms with Crippen LogP contribution < -0.4 is 15.1 Å². The molecule has 0 unspecified atom stereocenters. The first-order chi connectivity index (χ1) is 20.8. The quantitative estimate of drug-likeness (QED) is 0.434. The van der Waals surface area contributed by atoms with Gasteiger partial charge in [-0.1, -0.05) is 6.92 Å². The maximum atomic E-state index is 12.2. The molecule has 2 saturated carbocycles. The number of piperazine rings is 1. The highest BCUT2D eigenvalue weighted by Crippen LogP contribution is 2.61. The van der Waals surface area contributed by atoms with Crippen molar-refractivity contribution in [2.75, 3.05) is 36.0 Å². The van der Waals surface area contributed by atoms with Crippen molar-refractivity contribution < 1.29 is 9.53 Å². The van der Waals surface area contributed by atoms with E-state index in [2.05, 4.69) is 53.5 Å². The minimum Gasteiger partial charge on any atom is -0.353 e. The Morgan fingerprint density at radius 2 is 1.72 bits per heavy atom. The van der Waals surface area contributed by atoms with Gasteiger partial charge < -0.3 is 19.9 Å². The Morgan fingerprint density at radius 1 is 0.930 bits per heavy atom. The van der Waals surface area contributed by atoms with Crippen LogP contribution in [0.25, 0.3) is 11.2 Å². The number of imidazole rings is 1. The summed E-state index contributed by atoms with van der Waals surface area (Å²) in [7, 11) is 0. The summed E-state index contributed by atoms with van der Waals surface area (Å²) in [6, 6.07) is 2.16. The summed E-state index contributed by atoms with van der Waals surface area (Å²) < 4.78 is 9.16. The summed E-state index contributed by atoms with van der Waals surface area (Å²) in [5.74, 6) is 3.55. The molecule has 12 heteroatoms. The zero-order chi connectivity index (χ0) is 29.3. The fourth-order valence-corrected chi connectivity index (χ4v) is 9.58. The number of hydrogen-bond donors (Lipinski definition) is 1. The third kappa shape index (κ3) is 4.48. The molecule has 0 aromatic carbocycles. The first kappa shape index (κ1) is 27.5. The number of amides is 1. The zero-order valence-corrected chi connectivity index (χ0v) is 25.7. The number of fused-ring (bicyclic) bond motifs is 6. The molecule has 3 saturated heterocycles. The number of nitrogens with one attached hydrogen (secondary N) is 1. The molecule has 3 aromatic rings. The second kappa shape index (κ2) is 10.3. The number of hydrogen-bond acceptors (Lipinski definition) is 9. The molecule has 2 aliphatic carbocycles. The smallest absolute Gasteiger partial charge is 0.226 e. The lowest BCUT2D eigenvalue weighted by molar-refractivity contribution is -0.231. The maximum Gasteiger partial charge on any atom is 0.226 e. The van der Waals surface area contributed by atoms with Gasteiger partial charge in [-0.05, 0) is 92.7 Å². The summed E-state index contributed by atoms with van der Waals surface area (Å²) in [4.78, 5) is 39.5. The summed E-state index contributed by atoms with van der Waals surface area (Å²) >= 11 is 6.54. The first-order valence-corrected chi connectivity index (χ1v) is 16.3. The van der Waals surface area contributed by atoms with E-state index in [9.17, 15) is 4.79 Å². The lowest BCUT2D eigenvalue weighted by atomic mass is 9.48. The zero-order valence-electron chi connectivity index (χ0n) is 25.0. The van der Waals surface area contributed by atoms with Gasteiger partial charge in [0.1, 0.15) is 6.23 Å². The van der Waals surface area contributed by atoms with E-state index in [1.165, 1.54) is 6.42 Å². The number of halogens is 1. The predicted molar refractivity (Wildman–Crippen MR) is 163 cm³/mol. The van der Waals surface area contributed by atoms with Gasteiger partial charge >= 0.3 is 0 Å². The molecule has 11 nitrogen and oxygen atoms in total. The second-order valence-corrected chi connectivity index (χ2v) is 14.1. The van der Waals surface area contributed by atoms with Crippen LogP contribution in [0.2, 0.25) is 5.28 Å². The molecule has 8 rings (SSSR count). The van der Waals surface area contributed by atoms with E-state index in [0.29, 0.717) is 30.2 Å². The highest BCUT2D eigenvalue weighted by molar-refractivity contribution is 6.28. The van der Waals surface area contributed by atoms with Gasteiger partial charge in [-0.25, -0.2) is 15.0 Å². The number of nitrogens with zero attached hydrogens (tertiary/aromatic N) is 8. The van der Waals surface area contributed by atoms with Crippen LogP contribution in [0, 0.1) is 23.2 Å². The standard InChI is InChI=1S/C31H40ClN9O2/c1-30-10-9-23(42)36-22(30)6-4-19-20(30)8-11-31(2)21(19)5-7-24(43-31)41-18-35-25-26(37-28(32)38-27(25)41)39-14-16-40(17-15-39)29-33-12-3-13-34-29/h3,12-13,18-22,24H,4-11,14-17H2,1-2H3,(H,36,42)/t19-,20+,21+,22-,24+,30-,31+/m1/s1. The number of anilines is 2. The SMILES string of the molecule is C[C@]12CCC(=O)N[C@@H]1CC[C@@H]1[C@@H]2CC[C@]2(C)O[C@H](n3cnc4c(N5CCN(c6ncccn6)CC5)nc(Cl)nc43)CC[C@@H]12. The Labute approximate surface area is 256 Å². The van der Waals surface area contributed by atoms with Crippen molar-refractivity contribution in [3.8, 4) is 0 Å². The third-order valence-electron chi connectivity index (χ3n) is 11.7. The normalized spacial score (nSPS) is 36.1. The molecule has 3 aliphatic heterocycles.